The summed E-state index contributed by atoms with van der Waals surface area (Å²) in [5.41, 5.74) is 0. The van der Waals surface area contributed by atoms with E-state index in [4.69, 9.17) is 4.74 Å². The summed E-state index contributed by atoms with van der Waals surface area (Å²) in [4.78, 5) is 0.236. The molecule has 1 N–H and O–H groups in total. The van der Waals surface area contributed by atoms with Gasteiger partial charge in [-0.3, -0.25) is 0 Å². The Balaban J connectivity index is 1.59. The van der Waals surface area contributed by atoms with E-state index in [1.807, 2.05) is 60.7 Å². The highest BCUT2D eigenvalue weighted by molar-refractivity contribution is 7.89. The number of fused-ring (bicyclic) bond motifs is 1. The van der Waals surface area contributed by atoms with Crippen LogP contribution >= 0.6 is 0 Å². The summed E-state index contributed by atoms with van der Waals surface area (Å²) in [5.74, 6) is 0.682. The lowest BCUT2D eigenvalue weighted by molar-refractivity contribution is 0.186. The number of rotatable bonds is 5. The Hall–Kier alpha value is -2.41. The normalized spacial score (nSPS) is 20.8. The predicted molar refractivity (Wildman–Crippen MR) is 104 cm³/mol. The Kier molecular flexibility index (Phi) is 4.86. The molecule has 4 rings (SSSR count). The third kappa shape index (κ3) is 3.69. The average Bonchev–Trinajstić information content (AvgIpc) is 3.08. The Morgan fingerprint density at radius 3 is 2.44 bits per heavy atom. The molecular formula is C21H21NO4S. The molecule has 2 atom stereocenters. The number of para-hydroxylation sites is 1. The Morgan fingerprint density at radius 1 is 0.963 bits per heavy atom. The molecule has 0 bridgehead atoms. The van der Waals surface area contributed by atoms with E-state index in [0.717, 1.165) is 10.8 Å². The van der Waals surface area contributed by atoms with Crippen LogP contribution in [0.4, 0.5) is 0 Å². The third-order valence-electron chi connectivity index (χ3n) is 4.86. The fraction of sp³-hybridized carbons (Fsp3) is 0.238. The smallest absolute Gasteiger partial charge is 0.243 e. The lowest BCUT2D eigenvalue weighted by Gasteiger charge is -2.24. The zero-order valence-corrected chi connectivity index (χ0v) is 15.5. The summed E-state index contributed by atoms with van der Waals surface area (Å²) in [6, 6.07) is 21.6. The molecule has 0 radical (unpaired) electrons. The van der Waals surface area contributed by atoms with E-state index in [1.165, 1.54) is 4.31 Å². The Bertz CT molecular complexity index is 1040. The molecule has 0 spiro atoms. The molecule has 1 fully saturated rings. The summed E-state index contributed by atoms with van der Waals surface area (Å²) < 4.78 is 33.5. The van der Waals surface area contributed by atoms with E-state index in [9.17, 15) is 13.5 Å². The maximum Gasteiger partial charge on any atom is 0.243 e. The fourth-order valence-electron chi connectivity index (χ4n) is 3.48. The zero-order chi connectivity index (χ0) is 18.9. The lowest BCUT2D eigenvalue weighted by atomic mass is 10.1. The number of benzene rings is 3. The molecule has 1 aliphatic rings. The first-order valence-corrected chi connectivity index (χ1v) is 10.3. The standard InChI is InChI=1S/C21H21NO4S/c23-19-13-18(15-26-20-8-2-1-3-9-20)22(14-19)27(24,25)21-11-10-16-6-4-5-7-17(16)12-21/h1-12,18-19,23H,13-15H2/t18-,19+/m1/s1. The minimum Gasteiger partial charge on any atom is -0.492 e. The molecular weight excluding hydrogens is 362 g/mol. The van der Waals surface area contributed by atoms with Crippen molar-refractivity contribution in [3.05, 3.63) is 72.8 Å². The molecule has 0 saturated carbocycles. The monoisotopic (exact) mass is 383 g/mol. The van der Waals surface area contributed by atoms with Crippen molar-refractivity contribution in [3.8, 4) is 5.75 Å². The van der Waals surface area contributed by atoms with Gasteiger partial charge in [-0.2, -0.15) is 4.31 Å². The van der Waals surface area contributed by atoms with E-state index < -0.39 is 22.2 Å². The highest BCUT2D eigenvalue weighted by Crippen LogP contribution is 2.29. The number of nitrogens with zero attached hydrogens (tertiary/aromatic N) is 1. The molecule has 1 heterocycles. The first-order valence-electron chi connectivity index (χ1n) is 8.90. The van der Waals surface area contributed by atoms with Gasteiger partial charge in [-0.05, 0) is 41.5 Å². The van der Waals surface area contributed by atoms with Gasteiger partial charge in [-0.1, -0.05) is 48.5 Å². The van der Waals surface area contributed by atoms with Crippen molar-refractivity contribution in [1.29, 1.82) is 0 Å². The van der Waals surface area contributed by atoms with Crippen molar-refractivity contribution in [3.63, 3.8) is 0 Å². The molecule has 1 aliphatic heterocycles. The van der Waals surface area contributed by atoms with E-state index in [2.05, 4.69) is 0 Å². The van der Waals surface area contributed by atoms with Crippen molar-refractivity contribution in [1.82, 2.24) is 4.31 Å². The number of β-amino-alcohol motifs (C(OH)–C–C–N with tert-alkyl or cyclic N) is 1. The van der Waals surface area contributed by atoms with Gasteiger partial charge in [-0.15, -0.1) is 0 Å². The first kappa shape index (κ1) is 18.0. The van der Waals surface area contributed by atoms with Crippen LogP contribution in [0.2, 0.25) is 0 Å². The van der Waals surface area contributed by atoms with Gasteiger partial charge in [0.25, 0.3) is 0 Å². The number of ether oxygens (including phenoxy) is 1. The molecule has 27 heavy (non-hydrogen) atoms. The topological polar surface area (TPSA) is 66.8 Å². The SMILES string of the molecule is O=S(=O)(c1ccc2ccccc2c1)N1C[C@@H](O)C[C@@H]1COc1ccccc1. The van der Waals surface area contributed by atoms with Gasteiger partial charge in [0.05, 0.1) is 17.0 Å². The Morgan fingerprint density at radius 2 is 1.67 bits per heavy atom. The van der Waals surface area contributed by atoms with E-state index in [0.29, 0.717) is 12.2 Å². The van der Waals surface area contributed by atoms with Gasteiger partial charge in [-0.25, -0.2) is 8.42 Å². The number of aliphatic hydroxyl groups is 1. The second kappa shape index (κ2) is 7.31. The molecule has 5 nitrogen and oxygen atoms in total. The summed E-state index contributed by atoms with van der Waals surface area (Å²) >= 11 is 0. The van der Waals surface area contributed by atoms with Gasteiger partial charge in [0.1, 0.15) is 12.4 Å². The zero-order valence-electron chi connectivity index (χ0n) is 14.7. The number of sulfonamides is 1. The average molecular weight is 383 g/mol. The van der Waals surface area contributed by atoms with Crippen LogP contribution in [-0.2, 0) is 10.0 Å². The lowest BCUT2D eigenvalue weighted by Crippen LogP contribution is -2.39. The third-order valence-corrected chi connectivity index (χ3v) is 6.77. The molecule has 0 aromatic heterocycles. The van der Waals surface area contributed by atoms with Crippen LogP contribution in [-0.4, -0.2) is 43.1 Å². The molecule has 0 unspecified atom stereocenters. The maximum atomic E-state index is 13.2. The highest BCUT2D eigenvalue weighted by Gasteiger charge is 2.40. The van der Waals surface area contributed by atoms with Gasteiger partial charge in [0.2, 0.25) is 10.0 Å². The summed E-state index contributed by atoms with van der Waals surface area (Å²) in [5, 5.41) is 11.9. The van der Waals surface area contributed by atoms with Gasteiger partial charge in [0, 0.05) is 6.54 Å². The number of aliphatic hydroxyl groups excluding tert-OH is 1. The second-order valence-corrected chi connectivity index (χ2v) is 8.64. The largest absolute Gasteiger partial charge is 0.492 e. The minimum atomic E-state index is -3.72. The minimum absolute atomic E-state index is 0.0813. The van der Waals surface area contributed by atoms with Crippen molar-refractivity contribution >= 4 is 20.8 Å². The molecule has 0 aliphatic carbocycles. The molecule has 0 amide bonds. The first-order chi connectivity index (χ1) is 13.0. The van der Waals surface area contributed by atoms with Crippen LogP contribution in [0.15, 0.2) is 77.7 Å². The Labute approximate surface area is 158 Å². The summed E-state index contributed by atoms with van der Waals surface area (Å²) in [6.07, 6.45) is -0.329. The van der Waals surface area contributed by atoms with Gasteiger partial charge in [0.15, 0.2) is 0 Å². The van der Waals surface area contributed by atoms with Crippen LogP contribution in [0.1, 0.15) is 6.42 Å². The van der Waals surface area contributed by atoms with Crippen LogP contribution in [0.5, 0.6) is 5.75 Å². The quantitative estimate of drug-likeness (QED) is 0.735. The molecule has 140 valence electrons. The molecule has 3 aromatic carbocycles. The van der Waals surface area contributed by atoms with Crippen molar-refractivity contribution < 1.29 is 18.3 Å². The second-order valence-electron chi connectivity index (χ2n) is 6.75. The predicted octanol–water partition coefficient (Wildman–Crippen LogP) is 3.04. The van der Waals surface area contributed by atoms with Crippen LogP contribution in [0.25, 0.3) is 10.8 Å². The van der Waals surface area contributed by atoms with Crippen LogP contribution in [0.3, 0.4) is 0 Å². The molecule has 1 saturated heterocycles. The van der Waals surface area contributed by atoms with Crippen molar-refractivity contribution in [2.24, 2.45) is 0 Å². The fourth-order valence-corrected chi connectivity index (χ4v) is 5.18. The van der Waals surface area contributed by atoms with Crippen LogP contribution in [0, 0.1) is 0 Å². The number of hydrogen-bond donors (Lipinski definition) is 1. The van der Waals surface area contributed by atoms with E-state index >= 15 is 0 Å². The van der Waals surface area contributed by atoms with Crippen LogP contribution < -0.4 is 4.74 Å². The highest BCUT2D eigenvalue weighted by atomic mass is 32.2. The summed E-state index contributed by atoms with van der Waals surface area (Å²) in [7, 11) is -3.72. The van der Waals surface area contributed by atoms with Crippen molar-refractivity contribution in [2.75, 3.05) is 13.2 Å². The maximum absolute atomic E-state index is 13.2. The number of hydrogen-bond acceptors (Lipinski definition) is 4. The van der Waals surface area contributed by atoms with Gasteiger partial charge >= 0.3 is 0 Å². The summed E-state index contributed by atoms with van der Waals surface area (Å²) in [6.45, 7) is 0.284. The van der Waals surface area contributed by atoms with Gasteiger partial charge < -0.3 is 9.84 Å². The van der Waals surface area contributed by atoms with E-state index in [-0.39, 0.29) is 18.0 Å². The van der Waals surface area contributed by atoms with Crippen molar-refractivity contribution in [2.45, 2.75) is 23.5 Å². The van der Waals surface area contributed by atoms with E-state index in [1.54, 1.807) is 12.1 Å². The molecule has 6 heteroatoms. The molecule has 3 aromatic rings.